The molecule has 3 N–H and O–H groups in total. The maximum absolute atomic E-state index is 8.88. The van der Waals surface area contributed by atoms with E-state index in [4.69, 9.17) is 19.2 Å². The molecule has 0 amide bonds. The van der Waals surface area contributed by atoms with E-state index >= 15 is 0 Å². The fourth-order valence-corrected chi connectivity index (χ4v) is 0. The van der Waals surface area contributed by atoms with Crippen LogP contribution in [0, 0.1) is 0 Å². The molecule has 0 heterocycles. The van der Waals surface area contributed by atoms with Gasteiger partial charge in [0.25, 0.3) is 0 Å². The van der Waals surface area contributed by atoms with E-state index in [1.807, 2.05) is 0 Å². The molecule has 0 aromatic carbocycles. The summed E-state index contributed by atoms with van der Waals surface area (Å²) in [5.74, 6) is 0. The van der Waals surface area contributed by atoms with Gasteiger partial charge in [0.05, 0.1) is 0 Å². The van der Waals surface area contributed by atoms with Crippen LogP contribution in [0.4, 0.5) is 0 Å². The van der Waals surface area contributed by atoms with Crippen LogP contribution in [0.3, 0.4) is 0 Å². The van der Waals surface area contributed by atoms with Crippen LogP contribution < -0.4 is 0 Å². The predicted molar refractivity (Wildman–Crippen MR) is 22.2 cm³/mol. The molecule has 0 unspecified atom stereocenters. The summed E-state index contributed by atoms with van der Waals surface area (Å²) in [6.07, 6.45) is 0. The van der Waals surface area contributed by atoms with Crippen LogP contribution in [0.25, 0.3) is 0 Å². The molecule has 0 bridgehead atoms. The summed E-state index contributed by atoms with van der Waals surface area (Å²) < 4.78 is 8.88. The SMILES string of the molecule is O=P(O)(O)O.[Ca+2].[Cr].[Fe].[H-].[H-]. The van der Waals surface area contributed by atoms with Gasteiger partial charge in [-0.15, -0.1) is 0 Å². The summed E-state index contributed by atoms with van der Waals surface area (Å²) >= 11 is 0. The van der Waals surface area contributed by atoms with E-state index in [1.165, 1.54) is 0 Å². The Kier molecular flexibility index (Phi) is 26.4. The van der Waals surface area contributed by atoms with Crippen molar-refractivity contribution in [1.29, 1.82) is 0 Å². The Morgan fingerprint density at radius 1 is 1.25 bits per heavy atom. The minimum Gasteiger partial charge on any atom is -1.00 e. The molecule has 0 saturated heterocycles. The Bertz CT molecular complexity index is 69.4. The standard InChI is InChI=1S/Ca.Cr.Fe.H3O4P.2H/c;;;1-5(2,3)4;;/h;;;(H3,1,2,3,4);;/q+2;;;;2*-1. The van der Waals surface area contributed by atoms with Gasteiger partial charge < -0.3 is 17.5 Å². The minimum absolute atomic E-state index is 0. The van der Waals surface area contributed by atoms with Crippen molar-refractivity contribution in [3.63, 3.8) is 0 Å². The summed E-state index contributed by atoms with van der Waals surface area (Å²) in [6, 6.07) is 0. The molecule has 0 spiro atoms. The average molecular weight is 248 g/mol. The van der Waals surface area contributed by atoms with Crippen LogP contribution in [0.5, 0.6) is 0 Å². The normalized spacial score (nSPS) is 7.38. The molecule has 0 aromatic heterocycles. The van der Waals surface area contributed by atoms with Crippen molar-refractivity contribution in [1.82, 2.24) is 0 Å². The average Bonchev–Trinajstić information content (AvgIpc) is 0.722. The zero-order chi connectivity index (χ0) is 4.50. The second-order valence-electron chi connectivity index (χ2n) is 0.513. The Balaban J connectivity index is -0.00000000800. The fourth-order valence-electron chi connectivity index (χ4n) is 0. The molecule has 0 fully saturated rings. The van der Waals surface area contributed by atoms with Gasteiger partial charge in [-0.05, 0) is 0 Å². The zero-order valence-corrected chi connectivity index (χ0v) is 9.15. The Morgan fingerprint density at radius 2 is 1.25 bits per heavy atom. The van der Waals surface area contributed by atoms with E-state index in [1.54, 1.807) is 0 Å². The summed E-state index contributed by atoms with van der Waals surface area (Å²) in [5, 5.41) is 0. The first kappa shape index (κ1) is 22.4. The van der Waals surface area contributed by atoms with Crippen molar-refractivity contribution in [2.24, 2.45) is 0 Å². The molecule has 50 valence electrons. The molecular formula is H5CaCrFeO4P. The fraction of sp³-hybridized carbons (Fsp3) is 0. The molecule has 0 aliphatic carbocycles. The molecular weight excluding hydrogens is 243 g/mol. The second-order valence-corrected chi connectivity index (χ2v) is 1.54. The van der Waals surface area contributed by atoms with E-state index in [9.17, 15) is 0 Å². The van der Waals surface area contributed by atoms with Gasteiger partial charge in [0.2, 0.25) is 0 Å². The summed E-state index contributed by atoms with van der Waals surface area (Å²) in [7, 11) is -4.64. The number of phosphoric acid groups is 1. The smallest absolute Gasteiger partial charge is 1.00 e. The largest absolute Gasteiger partial charge is 2.00 e. The van der Waals surface area contributed by atoms with Crippen molar-refractivity contribution in [3.05, 3.63) is 0 Å². The van der Waals surface area contributed by atoms with Crippen LogP contribution in [0.15, 0.2) is 0 Å². The molecule has 0 aromatic rings. The van der Waals surface area contributed by atoms with Gasteiger partial charge in [-0.3, -0.25) is 0 Å². The molecule has 4 nitrogen and oxygen atoms in total. The van der Waals surface area contributed by atoms with E-state index < -0.39 is 7.82 Å². The first-order valence-electron chi connectivity index (χ1n) is 0.783. The van der Waals surface area contributed by atoms with E-state index in [0.717, 1.165) is 0 Å². The summed E-state index contributed by atoms with van der Waals surface area (Å²) in [6.45, 7) is 0. The van der Waals surface area contributed by atoms with Crippen molar-refractivity contribution in [2.75, 3.05) is 0 Å². The van der Waals surface area contributed by atoms with Crippen LogP contribution in [-0.2, 0) is 39.0 Å². The molecule has 0 saturated carbocycles. The van der Waals surface area contributed by atoms with Crippen molar-refractivity contribution in [3.8, 4) is 0 Å². The number of hydrogen-bond donors (Lipinski definition) is 3. The van der Waals surface area contributed by atoms with Crippen LogP contribution in [-0.4, -0.2) is 52.4 Å². The molecule has 0 aliphatic heterocycles. The summed E-state index contributed by atoms with van der Waals surface area (Å²) in [4.78, 5) is 21.6. The maximum Gasteiger partial charge on any atom is 2.00 e. The van der Waals surface area contributed by atoms with Crippen molar-refractivity contribution >= 4 is 45.6 Å². The third kappa shape index (κ3) is 79.1. The number of hydrogen-bond acceptors (Lipinski definition) is 1. The van der Waals surface area contributed by atoms with Crippen LogP contribution >= 0.6 is 7.82 Å². The van der Waals surface area contributed by atoms with Gasteiger partial charge in [0.15, 0.2) is 0 Å². The molecule has 0 atom stereocenters. The van der Waals surface area contributed by atoms with Gasteiger partial charge in [0, 0.05) is 34.4 Å². The topological polar surface area (TPSA) is 77.8 Å². The quantitative estimate of drug-likeness (QED) is 0.376. The second kappa shape index (κ2) is 9.42. The predicted octanol–water partition coefficient (Wildman–Crippen LogP) is -1.09. The van der Waals surface area contributed by atoms with E-state index in [0.29, 0.717) is 0 Å². The van der Waals surface area contributed by atoms with Gasteiger partial charge >= 0.3 is 45.6 Å². The number of rotatable bonds is 0. The Hall–Kier alpha value is 2.42. The van der Waals surface area contributed by atoms with Gasteiger partial charge in [-0.2, -0.15) is 0 Å². The minimum atomic E-state index is -4.64. The first-order chi connectivity index (χ1) is 2.00. The summed E-state index contributed by atoms with van der Waals surface area (Å²) in [5.41, 5.74) is 0. The zero-order valence-electron chi connectivity index (χ0n) is 5.67. The van der Waals surface area contributed by atoms with Gasteiger partial charge in [-0.25, -0.2) is 4.57 Å². The third-order valence-electron chi connectivity index (χ3n) is 0. The van der Waals surface area contributed by atoms with Gasteiger partial charge in [-0.1, -0.05) is 0 Å². The molecule has 8 heteroatoms. The Labute approximate surface area is 101 Å². The van der Waals surface area contributed by atoms with Crippen LogP contribution in [0.2, 0.25) is 0 Å². The van der Waals surface area contributed by atoms with Crippen LogP contribution in [0.1, 0.15) is 2.85 Å². The maximum atomic E-state index is 8.88. The van der Waals surface area contributed by atoms with Crippen molar-refractivity contribution in [2.45, 2.75) is 0 Å². The van der Waals surface area contributed by atoms with E-state index in [2.05, 4.69) is 0 Å². The first-order valence-corrected chi connectivity index (χ1v) is 2.35. The van der Waals surface area contributed by atoms with Gasteiger partial charge in [0.1, 0.15) is 0 Å². The molecule has 8 heavy (non-hydrogen) atoms. The molecule has 0 radical (unpaired) electrons. The van der Waals surface area contributed by atoms with Crippen molar-refractivity contribution < 1.29 is 56.5 Å². The molecule has 0 rings (SSSR count). The van der Waals surface area contributed by atoms with E-state index in [-0.39, 0.29) is 75.0 Å². The third-order valence-corrected chi connectivity index (χ3v) is 0. The monoisotopic (exact) mass is 248 g/mol. The Morgan fingerprint density at radius 3 is 1.25 bits per heavy atom. The molecule has 0 aliphatic rings.